The summed E-state index contributed by atoms with van der Waals surface area (Å²) in [5.41, 5.74) is 0. The van der Waals surface area contributed by atoms with Crippen LogP contribution in [0.15, 0.2) is 85.1 Å². The molecule has 0 aliphatic carbocycles. The molecule has 23 heteroatoms. The van der Waals surface area contributed by atoms with E-state index in [4.69, 9.17) is 23.7 Å². The first-order valence-corrected chi connectivity index (χ1v) is 29.0. The quantitative estimate of drug-likeness (QED) is 0.0803. The fraction of sp³-hybridized carbons (Fsp3) is 0.673. The van der Waals surface area contributed by atoms with Gasteiger partial charge in [-0.3, -0.25) is 14.4 Å². The van der Waals surface area contributed by atoms with E-state index < -0.39 is 141 Å². The Balaban J connectivity index is 1.87. The normalized spacial score (nSPS) is 39.3. The van der Waals surface area contributed by atoms with Crippen molar-refractivity contribution in [2.45, 2.75) is 184 Å². The van der Waals surface area contributed by atoms with Gasteiger partial charge in [-0.2, -0.15) is 0 Å². The van der Waals surface area contributed by atoms with Crippen LogP contribution in [0.2, 0.25) is 0 Å². The van der Waals surface area contributed by atoms with Crippen molar-refractivity contribution in [2.75, 3.05) is 24.7 Å². The largest absolute Gasteiger partial charge is 0.481 e. The molecular formula is C55H85NO20S2. The summed E-state index contributed by atoms with van der Waals surface area (Å²) in [6, 6.07) is -1.39. The molecule has 1 amide bonds. The molecule has 3 heterocycles. The van der Waals surface area contributed by atoms with Crippen molar-refractivity contribution in [1.82, 2.24) is 5.32 Å². The van der Waals surface area contributed by atoms with Gasteiger partial charge in [0.15, 0.2) is 12.1 Å². The molecule has 0 spiro atoms. The van der Waals surface area contributed by atoms with Gasteiger partial charge in [0.05, 0.1) is 67.1 Å². The van der Waals surface area contributed by atoms with Gasteiger partial charge in [-0.25, -0.2) is 4.79 Å². The summed E-state index contributed by atoms with van der Waals surface area (Å²) in [5.74, 6) is -5.99. The number of carbonyl (C=O) groups is 4. The van der Waals surface area contributed by atoms with Crippen LogP contribution in [0.25, 0.3) is 0 Å². The Morgan fingerprint density at radius 1 is 0.667 bits per heavy atom. The number of aliphatic hydroxyl groups is 10. The maximum absolute atomic E-state index is 12.9. The molecule has 0 radical (unpaired) electrons. The highest BCUT2D eigenvalue weighted by Crippen LogP contribution is 2.38. The Morgan fingerprint density at radius 2 is 1.24 bits per heavy atom. The average Bonchev–Trinajstić information content (AvgIpc) is 3.40. The summed E-state index contributed by atoms with van der Waals surface area (Å²) in [6.07, 6.45) is 2.28. The Labute approximate surface area is 465 Å². The van der Waals surface area contributed by atoms with Gasteiger partial charge < -0.3 is 85.2 Å². The van der Waals surface area contributed by atoms with Crippen LogP contribution < -0.4 is 5.32 Å². The number of carboxylic acid groups (broad SMARTS) is 1. The second-order valence-electron chi connectivity index (χ2n) is 20.3. The van der Waals surface area contributed by atoms with Gasteiger partial charge in [0.25, 0.3) is 0 Å². The lowest BCUT2D eigenvalue weighted by atomic mass is 9.81. The highest BCUT2D eigenvalue weighted by molar-refractivity contribution is 8.76. The maximum Gasteiger partial charge on any atom is 0.407 e. The van der Waals surface area contributed by atoms with Crippen LogP contribution in [-0.2, 0) is 38.1 Å². The third-order valence-electron chi connectivity index (χ3n) is 13.7. The molecule has 0 aromatic heterocycles. The Hall–Kier alpha value is -3.76. The number of hydrogen-bond acceptors (Lipinski definition) is 21. The summed E-state index contributed by atoms with van der Waals surface area (Å²) in [5, 5.41) is 123. The van der Waals surface area contributed by atoms with Gasteiger partial charge in [0.2, 0.25) is 0 Å². The van der Waals surface area contributed by atoms with Crippen molar-refractivity contribution in [3.63, 3.8) is 0 Å². The third-order valence-corrected chi connectivity index (χ3v) is 16.0. The summed E-state index contributed by atoms with van der Waals surface area (Å²) in [7, 11) is 2.77. The van der Waals surface area contributed by atoms with E-state index in [-0.39, 0.29) is 68.9 Å². The highest BCUT2D eigenvalue weighted by Gasteiger charge is 2.51. The van der Waals surface area contributed by atoms with Gasteiger partial charge in [0.1, 0.15) is 37.1 Å². The number of aliphatic hydroxyl groups excluding tert-OH is 9. The zero-order chi connectivity index (χ0) is 58.0. The number of nitrogens with one attached hydrogen (secondary N) is 1. The fourth-order valence-corrected chi connectivity index (χ4v) is 10.8. The number of fused-ring (bicyclic) bond motifs is 2. The Morgan fingerprint density at radius 3 is 1.83 bits per heavy atom. The molecule has 0 saturated carbocycles. The number of esters is 1. The number of Topliss-reactive ketones (excluding diaryl/α,β-unsaturated/α-hetero) is 1. The van der Waals surface area contributed by atoms with Crippen molar-refractivity contribution in [1.29, 1.82) is 0 Å². The fourth-order valence-electron chi connectivity index (χ4n) is 9.19. The van der Waals surface area contributed by atoms with Crippen LogP contribution >= 0.6 is 21.6 Å². The van der Waals surface area contributed by atoms with Gasteiger partial charge >= 0.3 is 18.0 Å². The van der Waals surface area contributed by atoms with E-state index in [9.17, 15) is 75.3 Å². The minimum absolute atomic E-state index is 0.0421. The number of carboxylic acids is 1. The zero-order valence-electron chi connectivity index (χ0n) is 45.1. The molecule has 0 aromatic rings. The molecule has 2 fully saturated rings. The Kier molecular flexibility index (Phi) is 31.5. The molecule has 3 rings (SSSR count). The van der Waals surface area contributed by atoms with E-state index in [2.05, 4.69) is 5.32 Å². The monoisotopic (exact) mass is 1140 g/mol. The number of aliphatic carboxylic acids is 1. The van der Waals surface area contributed by atoms with Crippen molar-refractivity contribution in [3.05, 3.63) is 85.1 Å². The van der Waals surface area contributed by atoms with Gasteiger partial charge in [-0.05, 0) is 38.0 Å². The lowest BCUT2D eigenvalue weighted by molar-refractivity contribution is -0.309. The number of rotatable bonds is 11. The van der Waals surface area contributed by atoms with Crippen LogP contribution in [0.4, 0.5) is 4.79 Å². The second kappa shape index (κ2) is 35.9. The molecule has 3 aliphatic rings. The van der Waals surface area contributed by atoms with Gasteiger partial charge in [-0.1, -0.05) is 127 Å². The van der Waals surface area contributed by atoms with Gasteiger partial charge in [0, 0.05) is 62.9 Å². The number of carbonyl (C=O) groups excluding carboxylic acids is 3. The minimum atomic E-state index is -2.39. The van der Waals surface area contributed by atoms with E-state index in [1.54, 1.807) is 48.6 Å². The van der Waals surface area contributed by atoms with Crippen LogP contribution in [0.5, 0.6) is 0 Å². The maximum atomic E-state index is 12.9. The first-order valence-electron chi connectivity index (χ1n) is 26.5. The highest BCUT2D eigenvalue weighted by atomic mass is 33.1. The number of ether oxygens (including phenoxy) is 5. The number of hydrogen-bond donors (Lipinski definition) is 12. The van der Waals surface area contributed by atoms with Crippen LogP contribution in [0, 0.1) is 23.7 Å². The third kappa shape index (κ3) is 25.4. The molecule has 78 heavy (non-hydrogen) atoms. The van der Waals surface area contributed by atoms with E-state index >= 15 is 0 Å². The standard InChI is InChI=1S/C55H85NO20S2/c1-33-18-16-14-12-10-8-6-7-9-11-13-15-17-19-42(75-53-51(67)48(50(66)36(4)74-53)56-54(70)73-23-25-78-77-24-22-72-37(5)57)30-46-47(52(68)69)45(64)32-55(71,76-46)31-41(61)29-44(63)43(62)21-20-38(58)27-40(60)28-39(59)26-34(2)35(3)49(33)65/h6-19,33-36,38,40-51,53,58,60-67,71H,20-32H2,1-5H3,(H,56,70)(H,68,69)/b7-6+,10-8+,11-9+,14-12+,15-13+,18-16+,19-17?/t33-,34?,35-,36?,38+,40+,41-,42-,43+,44+,45-,46-,47+,48?,49+,50?,51?,53?,55+/m0/s1. The topological polar surface area (TPSA) is 349 Å². The first kappa shape index (κ1) is 68.5. The van der Waals surface area contributed by atoms with Crippen molar-refractivity contribution in [2.24, 2.45) is 23.7 Å². The second-order valence-corrected chi connectivity index (χ2v) is 23.0. The number of alkyl carbamates (subject to hydrolysis) is 1. The molecule has 12 N–H and O–H groups in total. The number of amides is 1. The van der Waals surface area contributed by atoms with Gasteiger partial charge in [-0.15, -0.1) is 0 Å². The molecule has 2 saturated heterocycles. The molecule has 0 aromatic carbocycles. The molecule has 3 aliphatic heterocycles. The number of allylic oxidation sites excluding steroid dienone is 12. The average molecular weight is 1140 g/mol. The molecule has 2 bridgehead atoms. The van der Waals surface area contributed by atoms with Crippen molar-refractivity contribution < 1.29 is 99.0 Å². The Bertz CT molecular complexity index is 2040. The molecule has 19 atom stereocenters. The van der Waals surface area contributed by atoms with E-state index in [1.165, 1.54) is 41.5 Å². The molecule has 442 valence electrons. The van der Waals surface area contributed by atoms with Crippen molar-refractivity contribution >= 4 is 45.4 Å². The molecular weight excluding hydrogens is 1060 g/mol. The van der Waals surface area contributed by atoms with E-state index in [0.717, 1.165) is 0 Å². The lowest BCUT2D eigenvalue weighted by Crippen LogP contribution is -2.64. The molecule has 6 unspecified atom stereocenters. The van der Waals surface area contributed by atoms with Crippen LogP contribution in [0.3, 0.4) is 0 Å². The SMILES string of the molecule is CC(=O)OCCSSCCOC(=O)NC1C(O)C(C)OC(O[C@H]2C=C/C=C/C=C/C=C/C=C/C=C/C=C/[C@H](C)[C@@H](O)[C@@H](C)C(C)CC(=O)C[C@H](O)C[C@H](O)CC[C@@H](O)[C@H](O)C[C@H](O)C[C@]3(O)C[C@H](O)[C@@H](C(=O)O)[C@H](C2)O3)C1O. The minimum Gasteiger partial charge on any atom is -0.481 e. The zero-order valence-corrected chi connectivity index (χ0v) is 46.7. The summed E-state index contributed by atoms with van der Waals surface area (Å²) in [4.78, 5) is 49.4. The summed E-state index contributed by atoms with van der Waals surface area (Å²) < 4.78 is 28.2. The number of ketones is 1. The molecule has 21 nitrogen and oxygen atoms in total. The summed E-state index contributed by atoms with van der Waals surface area (Å²) in [6.45, 7) is 8.54. The van der Waals surface area contributed by atoms with E-state index in [0.29, 0.717) is 11.5 Å². The smallest absolute Gasteiger partial charge is 0.407 e. The summed E-state index contributed by atoms with van der Waals surface area (Å²) >= 11 is 0. The van der Waals surface area contributed by atoms with Crippen LogP contribution in [-0.4, -0.2) is 196 Å². The van der Waals surface area contributed by atoms with E-state index in [1.807, 2.05) is 51.2 Å². The lowest BCUT2D eigenvalue weighted by Gasteiger charge is -2.45. The van der Waals surface area contributed by atoms with Crippen molar-refractivity contribution in [3.8, 4) is 0 Å². The first-order chi connectivity index (χ1) is 36.9. The predicted octanol–water partition coefficient (Wildman–Crippen LogP) is 3.09. The van der Waals surface area contributed by atoms with Crippen LogP contribution in [0.1, 0.15) is 92.4 Å². The predicted molar refractivity (Wildman–Crippen MR) is 292 cm³/mol.